The average molecular weight is 285 g/mol. The maximum Gasteiger partial charge on any atom is 0.123 e. The van der Waals surface area contributed by atoms with Crippen molar-refractivity contribution in [2.24, 2.45) is 0 Å². The Morgan fingerprint density at radius 1 is 1.56 bits per heavy atom. The number of hydrogen-bond donors (Lipinski definition) is 1. The molecule has 5 heteroatoms. The standard InChI is InChI=1S/C11H17BrN4/c1-5-14-11(4,6-13)7-16-9(3)10(12)8(2)15-16/h14H,5,7H2,1-4H3. The fourth-order valence-corrected chi connectivity index (χ4v) is 1.93. The first kappa shape index (κ1) is 13.2. The van der Waals surface area contributed by atoms with E-state index in [9.17, 15) is 5.26 Å². The summed E-state index contributed by atoms with van der Waals surface area (Å²) in [5.74, 6) is 0. The molecule has 0 aliphatic rings. The zero-order chi connectivity index (χ0) is 12.3. The van der Waals surface area contributed by atoms with Gasteiger partial charge in [0.2, 0.25) is 0 Å². The highest BCUT2D eigenvalue weighted by atomic mass is 79.9. The van der Waals surface area contributed by atoms with Crippen LogP contribution in [0.4, 0.5) is 0 Å². The molecule has 1 aromatic heterocycles. The van der Waals surface area contributed by atoms with Gasteiger partial charge in [-0.15, -0.1) is 0 Å². The van der Waals surface area contributed by atoms with Crippen LogP contribution in [0.25, 0.3) is 0 Å². The Morgan fingerprint density at radius 3 is 2.56 bits per heavy atom. The normalized spacial score (nSPS) is 14.5. The molecular formula is C11H17BrN4. The summed E-state index contributed by atoms with van der Waals surface area (Å²) in [4.78, 5) is 0. The Hall–Kier alpha value is -0.860. The first-order chi connectivity index (χ1) is 7.43. The van der Waals surface area contributed by atoms with Crippen molar-refractivity contribution < 1.29 is 0 Å². The lowest BCUT2D eigenvalue weighted by Gasteiger charge is -2.23. The van der Waals surface area contributed by atoms with Crippen LogP contribution in [0.15, 0.2) is 4.47 Å². The van der Waals surface area contributed by atoms with Crippen molar-refractivity contribution in [3.8, 4) is 6.07 Å². The van der Waals surface area contributed by atoms with E-state index in [4.69, 9.17) is 0 Å². The number of aromatic nitrogens is 2. The average Bonchev–Trinajstić information content (AvgIpc) is 2.47. The molecule has 0 spiro atoms. The number of nitrogens with zero attached hydrogens (tertiary/aromatic N) is 3. The number of nitrogens with one attached hydrogen (secondary N) is 1. The number of aryl methyl sites for hydroxylation is 1. The third-order valence-electron chi connectivity index (χ3n) is 2.57. The van der Waals surface area contributed by atoms with E-state index < -0.39 is 5.54 Å². The molecule has 4 nitrogen and oxygen atoms in total. The van der Waals surface area contributed by atoms with Gasteiger partial charge in [0, 0.05) is 5.69 Å². The largest absolute Gasteiger partial charge is 0.298 e. The Morgan fingerprint density at radius 2 is 2.19 bits per heavy atom. The minimum Gasteiger partial charge on any atom is -0.298 e. The number of likely N-dealkylation sites (N-methyl/N-ethyl adjacent to an activating group) is 1. The lowest BCUT2D eigenvalue weighted by molar-refractivity contribution is 0.373. The maximum absolute atomic E-state index is 9.18. The minimum absolute atomic E-state index is 0.551. The Kier molecular flexibility index (Phi) is 4.11. The number of nitriles is 1. The van der Waals surface area contributed by atoms with E-state index in [-0.39, 0.29) is 0 Å². The fourth-order valence-electron chi connectivity index (χ4n) is 1.65. The van der Waals surface area contributed by atoms with Gasteiger partial charge < -0.3 is 0 Å². The SMILES string of the molecule is CCNC(C)(C#N)Cn1nc(C)c(Br)c1C. The number of halogens is 1. The van der Waals surface area contributed by atoms with E-state index >= 15 is 0 Å². The van der Waals surface area contributed by atoms with Crippen LogP contribution in [-0.2, 0) is 6.54 Å². The predicted molar refractivity (Wildman–Crippen MR) is 67.1 cm³/mol. The second kappa shape index (κ2) is 4.98. The van der Waals surface area contributed by atoms with Crippen LogP contribution in [0.5, 0.6) is 0 Å². The van der Waals surface area contributed by atoms with Gasteiger partial charge in [0.15, 0.2) is 0 Å². The van der Waals surface area contributed by atoms with E-state index in [2.05, 4.69) is 32.4 Å². The molecule has 88 valence electrons. The predicted octanol–water partition coefficient (Wildman–Crippen LogP) is 2.15. The van der Waals surface area contributed by atoms with Crippen LogP contribution in [-0.4, -0.2) is 21.9 Å². The molecule has 0 aliphatic carbocycles. The summed E-state index contributed by atoms with van der Waals surface area (Å²) in [6, 6.07) is 2.30. The van der Waals surface area contributed by atoms with Gasteiger partial charge in [-0.25, -0.2) is 0 Å². The summed E-state index contributed by atoms with van der Waals surface area (Å²) in [5.41, 5.74) is 1.43. The molecule has 0 fully saturated rings. The molecule has 0 aliphatic heterocycles. The van der Waals surface area contributed by atoms with Crippen LogP contribution in [0, 0.1) is 25.2 Å². The first-order valence-electron chi connectivity index (χ1n) is 5.29. The van der Waals surface area contributed by atoms with Gasteiger partial charge in [-0.2, -0.15) is 10.4 Å². The van der Waals surface area contributed by atoms with Crippen molar-refractivity contribution in [2.45, 2.75) is 39.8 Å². The molecule has 1 rings (SSSR count). The van der Waals surface area contributed by atoms with Gasteiger partial charge in [-0.1, -0.05) is 6.92 Å². The van der Waals surface area contributed by atoms with Gasteiger partial charge in [0.05, 0.1) is 22.8 Å². The highest BCUT2D eigenvalue weighted by Gasteiger charge is 2.25. The van der Waals surface area contributed by atoms with Crippen molar-refractivity contribution in [1.29, 1.82) is 5.26 Å². The summed E-state index contributed by atoms with van der Waals surface area (Å²) >= 11 is 3.48. The highest BCUT2D eigenvalue weighted by Crippen LogP contribution is 2.21. The van der Waals surface area contributed by atoms with Crippen LogP contribution < -0.4 is 5.32 Å². The molecule has 1 aromatic rings. The maximum atomic E-state index is 9.18. The summed E-state index contributed by atoms with van der Waals surface area (Å²) in [6.07, 6.45) is 0. The van der Waals surface area contributed by atoms with E-state index in [1.54, 1.807) is 0 Å². The van der Waals surface area contributed by atoms with Gasteiger partial charge in [0.25, 0.3) is 0 Å². The molecule has 0 radical (unpaired) electrons. The van der Waals surface area contributed by atoms with Crippen molar-refractivity contribution in [3.05, 3.63) is 15.9 Å². The van der Waals surface area contributed by atoms with Crippen LogP contribution in [0.2, 0.25) is 0 Å². The van der Waals surface area contributed by atoms with Gasteiger partial charge in [-0.3, -0.25) is 10.00 Å². The Labute approximate surface area is 105 Å². The van der Waals surface area contributed by atoms with Gasteiger partial charge in [0.1, 0.15) is 5.54 Å². The Bertz CT molecular complexity index is 418. The van der Waals surface area contributed by atoms with Crippen molar-refractivity contribution >= 4 is 15.9 Å². The van der Waals surface area contributed by atoms with E-state index in [1.807, 2.05) is 32.4 Å². The summed E-state index contributed by atoms with van der Waals surface area (Å²) < 4.78 is 2.88. The minimum atomic E-state index is -0.572. The number of rotatable bonds is 4. The molecule has 0 saturated carbocycles. The van der Waals surface area contributed by atoms with E-state index in [0.717, 1.165) is 22.4 Å². The topological polar surface area (TPSA) is 53.6 Å². The smallest absolute Gasteiger partial charge is 0.123 e. The molecular weight excluding hydrogens is 268 g/mol. The van der Waals surface area contributed by atoms with E-state index in [1.165, 1.54) is 0 Å². The second-order valence-corrected chi connectivity index (χ2v) is 4.91. The summed E-state index contributed by atoms with van der Waals surface area (Å²) in [7, 11) is 0. The lowest BCUT2D eigenvalue weighted by atomic mass is 10.1. The molecule has 1 heterocycles. The molecule has 1 N–H and O–H groups in total. The van der Waals surface area contributed by atoms with Crippen LogP contribution in [0.1, 0.15) is 25.2 Å². The van der Waals surface area contributed by atoms with E-state index in [0.29, 0.717) is 6.54 Å². The molecule has 16 heavy (non-hydrogen) atoms. The zero-order valence-corrected chi connectivity index (χ0v) is 11.7. The van der Waals surface area contributed by atoms with Crippen molar-refractivity contribution in [3.63, 3.8) is 0 Å². The second-order valence-electron chi connectivity index (χ2n) is 4.12. The molecule has 0 saturated heterocycles. The van der Waals surface area contributed by atoms with Crippen LogP contribution in [0.3, 0.4) is 0 Å². The molecule has 0 amide bonds. The monoisotopic (exact) mass is 284 g/mol. The van der Waals surface area contributed by atoms with Gasteiger partial charge in [-0.05, 0) is 43.2 Å². The Balaban J connectivity index is 2.95. The zero-order valence-electron chi connectivity index (χ0n) is 10.1. The quantitative estimate of drug-likeness (QED) is 0.922. The molecule has 1 atom stereocenters. The molecule has 0 aromatic carbocycles. The van der Waals surface area contributed by atoms with Crippen LogP contribution >= 0.6 is 15.9 Å². The summed E-state index contributed by atoms with van der Waals surface area (Å²) in [6.45, 7) is 9.14. The van der Waals surface area contributed by atoms with Crippen molar-refractivity contribution in [2.75, 3.05) is 6.54 Å². The third-order valence-corrected chi connectivity index (χ3v) is 3.72. The molecule has 0 bridgehead atoms. The summed E-state index contributed by atoms with van der Waals surface area (Å²) in [5, 5.41) is 16.8. The highest BCUT2D eigenvalue weighted by molar-refractivity contribution is 9.10. The van der Waals surface area contributed by atoms with Crippen molar-refractivity contribution in [1.82, 2.24) is 15.1 Å². The molecule has 1 unspecified atom stereocenters. The third kappa shape index (κ3) is 2.63. The lowest BCUT2D eigenvalue weighted by Crippen LogP contribution is -2.45. The number of hydrogen-bond acceptors (Lipinski definition) is 3. The van der Waals surface area contributed by atoms with Gasteiger partial charge >= 0.3 is 0 Å². The first-order valence-corrected chi connectivity index (χ1v) is 6.08. The fraction of sp³-hybridized carbons (Fsp3) is 0.636.